The minimum absolute atomic E-state index is 0.152. The van der Waals surface area contributed by atoms with Crippen LogP contribution in [0.15, 0.2) is 12.1 Å². The van der Waals surface area contributed by atoms with Crippen molar-refractivity contribution in [3.63, 3.8) is 0 Å². The van der Waals surface area contributed by atoms with Crippen molar-refractivity contribution >= 4 is 32.9 Å². The molecule has 8 heteroatoms. The predicted octanol–water partition coefficient (Wildman–Crippen LogP) is 3.15. The molecular formula is C26H38N4O3S. The summed E-state index contributed by atoms with van der Waals surface area (Å²) < 4.78 is 11.7. The van der Waals surface area contributed by atoms with Gasteiger partial charge in [0, 0.05) is 62.3 Å². The summed E-state index contributed by atoms with van der Waals surface area (Å²) in [5.41, 5.74) is 3.11. The molecule has 1 unspecified atom stereocenters. The van der Waals surface area contributed by atoms with Gasteiger partial charge in [-0.3, -0.25) is 18.7 Å². The summed E-state index contributed by atoms with van der Waals surface area (Å²) in [6, 6.07) is 5.96. The van der Waals surface area contributed by atoms with Crippen LogP contribution in [0.2, 0.25) is 0 Å². The van der Waals surface area contributed by atoms with Crippen molar-refractivity contribution in [3.05, 3.63) is 28.8 Å². The van der Waals surface area contributed by atoms with Gasteiger partial charge in [0.15, 0.2) is 0 Å². The van der Waals surface area contributed by atoms with E-state index < -0.39 is 9.52 Å². The lowest BCUT2D eigenvalue weighted by Crippen LogP contribution is -2.54. The molecule has 2 atom stereocenters. The highest BCUT2D eigenvalue weighted by Crippen LogP contribution is 2.29. The zero-order chi connectivity index (χ0) is 24.9. The standard InChI is InChI=1S/C26H38N4O3S/c1-19-17-29(11-12-30(19)26(32)22-8-5-6-9-22)18-23-14-21(16-27)15-24(20(23)2)28-25(31)10-7-13-34(3,4)33/h14-15,19,22H,3,5-13,17-18H2,1-2,4H3,(H,28,31)/t19-,34?/m0/s1. The number of nitrogens with zero attached hydrogens (tertiary/aromatic N) is 3. The van der Waals surface area contributed by atoms with Gasteiger partial charge in [0.05, 0.1) is 11.6 Å². The Labute approximate surface area is 204 Å². The van der Waals surface area contributed by atoms with E-state index in [9.17, 15) is 19.1 Å². The molecule has 1 aromatic rings. The fourth-order valence-electron chi connectivity index (χ4n) is 5.04. The Hall–Kier alpha value is -2.37. The maximum absolute atomic E-state index is 12.9. The lowest BCUT2D eigenvalue weighted by atomic mass is 10.0. The van der Waals surface area contributed by atoms with Crippen LogP contribution in [-0.2, 0) is 25.7 Å². The summed E-state index contributed by atoms with van der Waals surface area (Å²) in [5, 5.41) is 12.5. The molecule has 3 rings (SSSR count). The summed E-state index contributed by atoms with van der Waals surface area (Å²) in [5.74, 6) is 4.40. The smallest absolute Gasteiger partial charge is 0.226 e. The van der Waals surface area contributed by atoms with E-state index in [-0.39, 0.29) is 24.3 Å². The number of nitrogens with one attached hydrogen (secondary N) is 1. The van der Waals surface area contributed by atoms with Gasteiger partial charge in [0.2, 0.25) is 11.8 Å². The van der Waals surface area contributed by atoms with Crippen LogP contribution in [0.1, 0.15) is 62.1 Å². The molecule has 1 aromatic carbocycles. The maximum Gasteiger partial charge on any atom is 0.226 e. The number of benzene rings is 1. The first-order valence-electron chi connectivity index (χ1n) is 12.2. The molecule has 2 fully saturated rings. The largest absolute Gasteiger partial charge is 0.337 e. The minimum Gasteiger partial charge on any atom is -0.337 e. The van der Waals surface area contributed by atoms with Gasteiger partial charge in [-0.2, -0.15) is 5.26 Å². The second-order valence-electron chi connectivity index (χ2n) is 10.1. The van der Waals surface area contributed by atoms with Crippen LogP contribution in [0.4, 0.5) is 5.69 Å². The highest BCUT2D eigenvalue weighted by Gasteiger charge is 2.33. The number of hydrogen-bond acceptors (Lipinski definition) is 5. The van der Waals surface area contributed by atoms with Crippen molar-refractivity contribution in [1.82, 2.24) is 9.80 Å². The van der Waals surface area contributed by atoms with Crippen molar-refractivity contribution in [2.75, 3.05) is 37.0 Å². The first-order valence-corrected chi connectivity index (χ1v) is 14.5. The number of hydrogen-bond donors (Lipinski definition) is 1. The zero-order valence-electron chi connectivity index (χ0n) is 20.8. The minimum atomic E-state index is -2.11. The molecule has 0 spiro atoms. The lowest BCUT2D eigenvalue weighted by molar-refractivity contribution is -0.140. The molecule has 0 aromatic heterocycles. The van der Waals surface area contributed by atoms with Crippen LogP contribution in [-0.4, -0.2) is 69.4 Å². The van der Waals surface area contributed by atoms with Gasteiger partial charge in [0.25, 0.3) is 0 Å². The van der Waals surface area contributed by atoms with E-state index in [0.29, 0.717) is 35.9 Å². The molecule has 1 aliphatic carbocycles. The van der Waals surface area contributed by atoms with E-state index in [2.05, 4.69) is 34.0 Å². The third kappa shape index (κ3) is 7.07. The Morgan fingerprint density at radius 3 is 2.59 bits per heavy atom. The van der Waals surface area contributed by atoms with Crippen molar-refractivity contribution in [2.45, 2.75) is 65.0 Å². The lowest BCUT2D eigenvalue weighted by Gasteiger charge is -2.41. The molecule has 186 valence electrons. The quantitative estimate of drug-likeness (QED) is 0.570. The van der Waals surface area contributed by atoms with Crippen LogP contribution >= 0.6 is 0 Å². The van der Waals surface area contributed by atoms with Crippen molar-refractivity contribution in [3.8, 4) is 6.07 Å². The average Bonchev–Trinajstić information content (AvgIpc) is 3.30. The molecule has 0 bridgehead atoms. The summed E-state index contributed by atoms with van der Waals surface area (Å²) in [6.07, 6.45) is 6.74. The number of anilines is 1. The molecule has 7 nitrogen and oxygen atoms in total. The van der Waals surface area contributed by atoms with Gasteiger partial charge in [-0.05, 0) is 71.8 Å². The number of piperazine rings is 1. The molecule has 1 saturated carbocycles. The van der Waals surface area contributed by atoms with Gasteiger partial charge in [-0.25, -0.2) is 0 Å². The molecule has 34 heavy (non-hydrogen) atoms. The Balaban J connectivity index is 1.64. The fourth-order valence-corrected chi connectivity index (χ4v) is 5.79. The summed E-state index contributed by atoms with van der Waals surface area (Å²) in [6.45, 7) is 7.05. The molecule has 1 saturated heterocycles. The Bertz CT molecular complexity index is 1050. The van der Waals surface area contributed by atoms with E-state index >= 15 is 0 Å². The van der Waals surface area contributed by atoms with Crippen LogP contribution in [0.25, 0.3) is 0 Å². The molecular weight excluding hydrogens is 448 g/mol. The van der Waals surface area contributed by atoms with Gasteiger partial charge in [-0.1, -0.05) is 12.8 Å². The topological polar surface area (TPSA) is 93.5 Å². The predicted molar refractivity (Wildman–Crippen MR) is 138 cm³/mol. The van der Waals surface area contributed by atoms with Crippen molar-refractivity contribution < 1.29 is 13.8 Å². The van der Waals surface area contributed by atoms with Crippen LogP contribution in [0.3, 0.4) is 0 Å². The summed E-state index contributed by atoms with van der Waals surface area (Å²) >= 11 is 0. The monoisotopic (exact) mass is 486 g/mol. The zero-order valence-corrected chi connectivity index (χ0v) is 21.6. The first kappa shape index (κ1) is 26.2. The fraction of sp³-hybridized carbons (Fsp3) is 0.615. The normalized spacial score (nSPS) is 21.1. The van der Waals surface area contributed by atoms with E-state index in [0.717, 1.165) is 56.4 Å². The summed E-state index contributed by atoms with van der Waals surface area (Å²) in [4.78, 5) is 29.7. The third-order valence-corrected chi connectivity index (χ3v) is 8.14. The molecule has 2 amide bonds. The highest BCUT2D eigenvalue weighted by molar-refractivity contribution is 7.99. The van der Waals surface area contributed by atoms with Crippen LogP contribution in [0.5, 0.6) is 0 Å². The number of carbonyl (C=O) groups is 2. The van der Waals surface area contributed by atoms with Gasteiger partial charge in [-0.15, -0.1) is 0 Å². The molecule has 0 radical (unpaired) electrons. The molecule has 1 aliphatic heterocycles. The van der Waals surface area contributed by atoms with E-state index in [1.165, 1.54) is 0 Å². The number of rotatable bonds is 8. The first-order chi connectivity index (χ1) is 16.1. The van der Waals surface area contributed by atoms with E-state index in [1.807, 2.05) is 13.0 Å². The third-order valence-electron chi connectivity index (χ3n) is 6.99. The molecule has 2 aliphatic rings. The van der Waals surface area contributed by atoms with Crippen LogP contribution in [0, 0.1) is 24.2 Å². The molecule has 1 heterocycles. The van der Waals surface area contributed by atoms with Gasteiger partial charge >= 0.3 is 0 Å². The second kappa shape index (κ2) is 11.4. The Morgan fingerprint density at radius 1 is 1.26 bits per heavy atom. The number of amides is 2. The van der Waals surface area contributed by atoms with Gasteiger partial charge in [0.1, 0.15) is 0 Å². The van der Waals surface area contributed by atoms with Crippen LogP contribution < -0.4 is 5.32 Å². The maximum atomic E-state index is 12.9. The number of nitriles is 1. The Kier molecular flexibility index (Phi) is 8.78. The van der Waals surface area contributed by atoms with Crippen molar-refractivity contribution in [1.29, 1.82) is 5.26 Å². The summed E-state index contributed by atoms with van der Waals surface area (Å²) in [7, 11) is -2.11. The SMILES string of the molecule is C=S(C)(=O)CCCC(=O)Nc1cc(C#N)cc(CN2CCN(C(=O)C3CCCC3)[C@@H](C)C2)c1C. The second-order valence-corrected chi connectivity index (χ2v) is 12.8. The van der Waals surface area contributed by atoms with Crippen molar-refractivity contribution in [2.24, 2.45) is 5.92 Å². The molecule has 1 N–H and O–H groups in total. The van der Waals surface area contributed by atoms with Gasteiger partial charge < -0.3 is 10.2 Å². The van der Waals surface area contributed by atoms with E-state index in [1.54, 1.807) is 12.3 Å². The van der Waals surface area contributed by atoms with E-state index in [4.69, 9.17) is 0 Å². The highest BCUT2D eigenvalue weighted by atomic mass is 32.2. The Morgan fingerprint density at radius 2 is 1.97 bits per heavy atom. The average molecular weight is 487 g/mol. The number of carbonyl (C=O) groups excluding carboxylic acids is 2.